The molecule has 7 aromatic rings. The molecule has 0 aliphatic carbocycles. The molecule has 0 unspecified atom stereocenters. The summed E-state index contributed by atoms with van der Waals surface area (Å²) in [6.07, 6.45) is 1.08. The number of benzene rings is 7. The Labute approximate surface area is 322 Å². The molecule has 5 heteroatoms. The fourth-order valence-corrected chi connectivity index (χ4v) is 7.14. The van der Waals surface area contributed by atoms with Crippen molar-refractivity contribution in [3.8, 4) is 0 Å². The van der Waals surface area contributed by atoms with E-state index < -0.39 is 0 Å². The van der Waals surface area contributed by atoms with Gasteiger partial charge in [-0.2, -0.15) is 12.6 Å². The van der Waals surface area contributed by atoms with Gasteiger partial charge in [0.15, 0.2) is 0 Å². The summed E-state index contributed by atoms with van der Waals surface area (Å²) in [5.74, 6) is 1.94. The minimum absolute atomic E-state index is 0.873. The van der Waals surface area contributed by atoms with Gasteiger partial charge in [-0.05, 0) is 66.5 Å². The Kier molecular flexibility index (Phi) is 12.2. The van der Waals surface area contributed by atoms with E-state index in [9.17, 15) is 0 Å². The zero-order valence-electron chi connectivity index (χ0n) is 29.3. The number of thiol groups is 1. The van der Waals surface area contributed by atoms with Crippen molar-refractivity contribution in [3.05, 3.63) is 228 Å². The molecule has 0 N–H and O–H groups in total. The van der Waals surface area contributed by atoms with Crippen LogP contribution in [0.25, 0.3) is 0 Å². The first-order valence-electron chi connectivity index (χ1n) is 17.8. The van der Waals surface area contributed by atoms with Crippen LogP contribution in [0.15, 0.2) is 214 Å². The Bertz CT molecular complexity index is 2060. The fourth-order valence-electron chi connectivity index (χ4n) is 5.92. The Morgan fingerprint density at radius 1 is 0.358 bits per heavy atom. The molecule has 7 aromatic carbocycles. The second kappa shape index (κ2) is 18.1. The molecule has 0 radical (unpaired) electrons. The van der Waals surface area contributed by atoms with Gasteiger partial charge in [0.05, 0.1) is 34.2 Å². The summed E-state index contributed by atoms with van der Waals surface area (Å²) in [7, 11) is 0. The normalized spacial score (nSPS) is 10.7. The molecule has 0 saturated carbocycles. The molecule has 0 atom stereocenters. The maximum absolute atomic E-state index is 5.23. The van der Waals surface area contributed by atoms with E-state index >= 15 is 0 Å². The molecule has 0 amide bonds. The smallest absolute Gasteiger partial charge is 0.0781 e. The molecule has 0 aliphatic rings. The summed E-state index contributed by atoms with van der Waals surface area (Å²) in [4.78, 5) is 16.7. The number of aliphatic imine (C=N–C) groups is 3. The Morgan fingerprint density at radius 2 is 0.642 bits per heavy atom. The third-order valence-corrected chi connectivity index (χ3v) is 10.0. The van der Waals surface area contributed by atoms with Crippen LogP contribution in [0.3, 0.4) is 0 Å². The molecule has 0 spiro atoms. The van der Waals surface area contributed by atoms with Gasteiger partial charge in [-0.1, -0.05) is 146 Å². The number of hydrogen-bond acceptors (Lipinski definition) is 5. The fraction of sp³-hybridized carbons (Fsp3) is 0.0625. The summed E-state index contributed by atoms with van der Waals surface area (Å²) in [6, 6.07) is 66.6. The highest BCUT2D eigenvalue weighted by Crippen LogP contribution is 2.27. The monoisotopic (exact) mass is 721 g/mol. The predicted octanol–water partition coefficient (Wildman–Crippen LogP) is 12.6. The lowest BCUT2D eigenvalue weighted by Gasteiger charge is -2.11. The van der Waals surface area contributed by atoms with Crippen molar-refractivity contribution in [1.82, 2.24) is 0 Å². The van der Waals surface area contributed by atoms with Crippen molar-refractivity contribution in [1.29, 1.82) is 0 Å². The standard InChI is InChI=1S/C48H39N3S2/c52-34-13-35-53-45-32-30-44(31-33-45)51-48(40-22-26-42(27-23-40)49-46(36-14-5-1-6-15-36)37-16-7-2-8-17-37)41-24-28-43(29-25-41)50-47(38-18-9-3-10-19-38)39-20-11-4-12-21-39/h1-12,14-33,52H,13,34-35H2. The van der Waals surface area contributed by atoms with Gasteiger partial charge < -0.3 is 0 Å². The zero-order valence-corrected chi connectivity index (χ0v) is 31.0. The Morgan fingerprint density at radius 3 is 0.943 bits per heavy atom. The van der Waals surface area contributed by atoms with Crippen molar-refractivity contribution in [2.24, 2.45) is 15.0 Å². The highest BCUT2D eigenvalue weighted by Gasteiger charge is 2.12. The number of thioether (sulfide) groups is 1. The van der Waals surface area contributed by atoms with Crippen molar-refractivity contribution in [2.45, 2.75) is 11.3 Å². The van der Waals surface area contributed by atoms with Gasteiger partial charge in [-0.15, -0.1) is 11.8 Å². The molecule has 0 saturated heterocycles. The minimum atomic E-state index is 0.873. The number of rotatable bonds is 13. The van der Waals surface area contributed by atoms with E-state index in [4.69, 9.17) is 15.0 Å². The average molecular weight is 722 g/mol. The molecule has 0 aromatic heterocycles. The van der Waals surface area contributed by atoms with Crippen LogP contribution in [0.1, 0.15) is 39.8 Å². The minimum Gasteiger partial charge on any atom is -0.248 e. The van der Waals surface area contributed by atoms with Crippen LogP contribution in [0.5, 0.6) is 0 Å². The van der Waals surface area contributed by atoms with Gasteiger partial charge in [-0.25, -0.2) is 15.0 Å². The van der Waals surface area contributed by atoms with Crippen LogP contribution >= 0.6 is 24.4 Å². The van der Waals surface area contributed by atoms with Gasteiger partial charge in [0.2, 0.25) is 0 Å². The van der Waals surface area contributed by atoms with Crippen LogP contribution in [0, 0.1) is 0 Å². The number of nitrogens with zero attached hydrogens (tertiary/aromatic N) is 3. The third-order valence-electron chi connectivity index (χ3n) is 8.60. The zero-order chi connectivity index (χ0) is 36.1. The Balaban J connectivity index is 1.25. The molecular weight excluding hydrogens is 683 g/mol. The lowest BCUT2D eigenvalue weighted by molar-refractivity contribution is 1.13. The average Bonchev–Trinajstić information content (AvgIpc) is 3.23. The molecule has 53 heavy (non-hydrogen) atoms. The molecule has 0 heterocycles. The largest absolute Gasteiger partial charge is 0.248 e. The van der Waals surface area contributed by atoms with Gasteiger partial charge in [0.25, 0.3) is 0 Å². The first kappa shape index (κ1) is 35.6. The highest BCUT2D eigenvalue weighted by molar-refractivity contribution is 7.99. The summed E-state index contributed by atoms with van der Waals surface area (Å²) >= 11 is 6.21. The van der Waals surface area contributed by atoms with Crippen molar-refractivity contribution in [3.63, 3.8) is 0 Å². The van der Waals surface area contributed by atoms with E-state index in [1.165, 1.54) is 4.90 Å². The van der Waals surface area contributed by atoms with Crippen LogP contribution in [0.2, 0.25) is 0 Å². The van der Waals surface area contributed by atoms with Crippen LogP contribution in [-0.2, 0) is 0 Å². The lowest BCUT2D eigenvalue weighted by Crippen LogP contribution is -2.04. The van der Waals surface area contributed by atoms with Gasteiger partial charge in [0, 0.05) is 38.3 Å². The Hall–Kier alpha value is -5.75. The topological polar surface area (TPSA) is 37.1 Å². The molecule has 0 fully saturated rings. The third kappa shape index (κ3) is 9.58. The van der Waals surface area contributed by atoms with Gasteiger partial charge >= 0.3 is 0 Å². The highest BCUT2D eigenvalue weighted by atomic mass is 32.2. The van der Waals surface area contributed by atoms with Crippen molar-refractivity contribution >= 4 is 58.6 Å². The number of hydrogen-bond donors (Lipinski definition) is 1. The van der Waals surface area contributed by atoms with E-state index in [0.29, 0.717) is 0 Å². The van der Waals surface area contributed by atoms with Crippen molar-refractivity contribution in [2.75, 3.05) is 11.5 Å². The van der Waals surface area contributed by atoms with Crippen molar-refractivity contribution < 1.29 is 0 Å². The van der Waals surface area contributed by atoms with E-state index in [1.54, 1.807) is 0 Å². The van der Waals surface area contributed by atoms with Gasteiger partial charge in [-0.3, -0.25) is 0 Å². The molecule has 3 nitrogen and oxygen atoms in total. The first-order chi connectivity index (χ1) is 26.2. The second-order valence-electron chi connectivity index (χ2n) is 12.4. The lowest BCUT2D eigenvalue weighted by atomic mass is 10.00. The quantitative estimate of drug-likeness (QED) is 0.0547. The van der Waals surface area contributed by atoms with Crippen LogP contribution < -0.4 is 0 Å². The molecule has 7 rings (SSSR count). The van der Waals surface area contributed by atoms with Crippen LogP contribution in [0.4, 0.5) is 17.1 Å². The predicted molar refractivity (Wildman–Crippen MR) is 230 cm³/mol. The van der Waals surface area contributed by atoms with Gasteiger partial charge in [0.1, 0.15) is 0 Å². The summed E-state index contributed by atoms with van der Waals surface area (Å²) < 4.78 is 0. The second-order valence-corrected chi connectivity index (χ2v) is 14.0. The van der Waals surface area contributed by atoms with E-state index in [-0.39, 0.29) is 0 Å². The summed E-state index contributed by atoms with van der Waals surface area (Å²) in [6.45, 7) is 0. The molecule has 0 bridgehead atoms. The molecule has 258 valence electrons. The van der Waals surface area contributed by atoms with Crippen LogP contribution in [-0.4, -0.2) is 28.6 Å². The first-order valence-corrected chi connectivity index (χ1v) is 19.4. The maximum Gasteiger partial charge on any atom is 0.0781 e. The van der Waals surface area contributed by atoms with E-state index in [0.717, 1.165) is 85.5 Å². The van der Waals surface area contributed by atoms with E-state index in [1.807, 2.05) is 84.6 Å². The maximum atomic E-state index is 5.23. The SMILES string of the molecule is SCCCSc1ccc(N=C(c2ccc(N=C(c3ccccc3)c3ccccc3)cc2)c2ccc(N=C(c3ccccc3)c3ccccc3)cc2)cc1. The summed E-state index contributed by atoms with van der Waals surface area (Å²) in [5, 5.41) is 0. The van der Waals surface area contributed by atoms with E-state index in [2.05, 4.69) is 134 Å². The molecular formula is C48H39N3S2. The molecule has 0 aliphatic heterocycles. The summed E-state index contributed by atoms with van der Waals surface area (Å²) in [5.41, 5.74) is 11.7.